The van der Waals surface area contributed by atoms with E-state index < -0.39 is 0 Å². The predicted molar refractivity (Wildman–Crippen MR) is 140 cm³/mol. The second kappa shape index (κ2) is 8.30. The summed E-state index contributed by atoms with van der Waals surface area (Å²) in [5, 5.41) is 3.50. The summed E-state index contributed by atoms with van der Waals surface area (Å²) in [5.41, 5.74) is 6.86. The van der Waals surface area contributed by atoms with Crippen LogP contribution in [-0.2, 0) is 11.3 Å². The van der Waals surface area contributed by atoms with Crippen LogP contribution in [0.25, 0.3) is 0 Å². The van der Waals surface area contributed by atoms with E-state index in [4.69, 9.17) is 0 Å². The van der Waals surface area contributed by atoms with Gasteiger partial charge in [0.2, 0.25) is 0 Å². The molecule has 2 aliphatic heterocycles. The van der Waals surface area contributed by atoms with Crippen molar-refractivity contribution in [2.75, 3.05) is 5.32 Å². The smallest absolute Gasteiger partial charge is 0.174 e. The van der Waals surface area contributed by atoms with Crippen molar-refractivity contribution in [3.63, 3.8) is 0 Å². The number of aryl methyl sites for hydroxylation is 1. The summed E-state index contributed by atoms with van der Waals surface area (Å²) in [6.07, 6.45) is 10.2. The lowest BCUT2D eigenvalue weighted by molar-refractivity contribution is -0.120. The van der Waals surface area contributed by atoms with E-state index in [2.05, 4.69) is 28.4 Å². The second-order valence-electron chi connectivity index (χ2n) is 10.3. The molecule has 1 N–H and O–H groups in total. The van der Waals surface area contributed by atoms with Crippen molar-refractivity contribution in [3.8, 4) is 0 Å². The molecule has 180 valence electrons. The number of allylic oxidation sites excluding steroid dienone is 3. The number of nitrogens with one attached hydrogen (secondary N) is 1. The molecule has 0 radical (unpaired) electrons. The number of piperidine rings is 1. The molecular formula is C31H28N2O3. The summed E-state index contributed by atoms with van der Waals surface area (Å²) >= 11 is 0. The number of fused-ring (bicyclic) bond motifs is 4. The van der Waals surface area contributed by atoms with Gasteiger partial charge in [0.15, 0.2) is 17.3 Å². The molecular weight excluding hydrogens is 448 g/mol. The standard InChI is InChI=1S/C31H28N2O3/c1-17-4-10-26-22(12-17)30(35)23-15-29-25(14-27(23)32-26)31(36)24-13-18(2)5-11-28(24)33(29)16-20-6-8-21(9-7-20)19(3)34/h4-15,23-24,27-28,32H,16H2,1-3H3. The normalized spacial score (nSPS) is 26.0. The lowest BCUT2D eigenvalue weighted by Gasteiger charge is -2.46. The molecule has 0 aromatic heterocycles. The average Bonchev–Trinajstić information content (AvgIpc) is 2.87. The Morgan fingerprint density at radius 3 is 2.47 bits per heavy atom. The van der Waals surface area contributed by atoms with E-state index in [9.17, 15) is 14.4 Å². The summed E-state index contributed by atoms with van der Waals surface area (Å²) in [5.74, 6) is -0.447. The molecule has 1 fully saturated rings. The van der Waals surface area contributed by atoms with Gasteiger partial charge in [-0.15, -0.1) is 0 Å². The third kappa shape index (κ3) is 3.58. The first-order chi connectivity index (χ1) is 17.3. The Labute approximate surface area is 210 Å². The summed E-state index contributed by atoms with van der Waals surface area (Å²) in [4.78, 5) is 41.3. The van der Waals surface area contributed by atoms with Crippen LogP contribution in [0.1, 0.15) is 45.7 Å². The predicted octanol–water partition coefficient (Wildman–Crippen LogP) is 5.20. The van der Waals surface area contributed by atoms with Gasteiger partial charge in [0.05, 0.1) is 23.9 Å². The lowest BCUT2D eigenvalue weighted by Crippen LogP contribution is -2.51. The summed E-state index contributed by atoms with van der Waals surface area (Å²) in [6, 6.07) is 13.1. The van der Waals surface area contributed by atoms with E-state index in [1.54, 1.807) is 6.92 Å². The van der Waals surface area contributed by atoms with Gasteiger partial charge in [0.25, 0.3) is 0 Å². The van der Waals surface area contributed by atoms with E-state index in [-0.39, 0.29) is 41.3 Å². The quantitative estimate of drug-likeness (QED) is 0.617. The molecule has 4 atom stereocenters. The molecule has 0 spiro atoms. The molecule has 0 bridgehead atoms. The number of ketones is 3. The maximum Gasteiger partial charge on any atom is 0.174 e. The van der Waals surface area contributed by atoms with Crippen LogP contribution in [0.4, 0.5) is 5.69 Å². The first-order valence-electron chi connectivity index (χ1n) is 12.4. The van der Waals surface area contributed by atoms with E-state index in [1.165, 1.54) is 0 Å². The van der Waals surface area contributed by atoms with Crippen molar-refractivity contribution in [1.82, 2.24) is 4.90 Å². The highest BCUT2D eigenvalue weighted by molar-refractivity contribution is 6.09. The van der Waals surface area contributed by atoms with E-state index in [0.29, 0.717) is 23.2 Å². The number of hydrogen-bond acceptors (Lipinski definition) is 5. The molecule has 4 aliphatic rings. The summed E-state index contributed by atoms with van der Waals surface area (Å²) in [7, 11) is 0. The Morgan fingerprint density at radius 2 is 1.72 bits per heavy atom. The average molecular weight is 477 g/mol. The Hall–Kier alpha value is -3.99. The largest absolute Gasteiger partial charge is 0.377 e. The summed E-state index contributed by atoms with van der Waals surface area (Å²) in [6.45, 7) is 6.14. The molecule has 4 unspecified atom stereocenters. The Morgan fingerprint density at radius 1 is 0.944 bits per heavy atom. The molecule has 6 rings (SSSR count). The molecule has 2 heterocycles. The number of benzene rings is 2. The van der Waals surface area contributed by atoms with Crippen molar-refractivity contribution >= 4 is 23.0 Å². The van der Waals surface area contributed by atoms with Gasteiger partial charge in [0.1, 0.15) is 0 Å². The minimum Gasteiger partial charge on any atom is -0.377 e. The maximum absolute atomic E-state index is 13.7. The topological polar surface area (TPSA) is 66.5 Å². The van der Waals surface area contributed by atoms with E-state index >= 15 is 0 Å². The number of hydrogen-bond donors (Lipinski definition) is 1. The maximum atomic E-state index is 13.7. The van der Waals surface area contributed by atoms with Gasteiger partial charge in [-0.25, -0.2) is 0 Å². The van der Waals surface area contributed by atoms with Crippen LogP contribution >= 0.6 is 0 Å². The van der Waals surface area contributed by atoms with Gasteiger partial charge in [-0.05, 0) is 50.6 Å². The first kappa shape index (κ1) is 22.5. The number of anilines is 1. The first-order valence-corrected chi connectivity index (χ1v) is 12.4. The van der Waals surface area contributed by atoms with Crippen LogP contribution in [0.2, 0.25) is 0 Å². The highest BCUT2D eigenvalue weighted by atomic mass is 16.1. The Bertz CT molecular complexity index is 1440. The van der Waals surface area contributed by atoms with Gasteiger partial charge in [0, 0.05) is 34.6 Å². The van der Waals surface area contributed by atoms with E-state index in [0.717, 1.165) is 28.1 Å². The highest BCUT2D eigenvalue weighted by Crippen LogP contribution is 2.43. The van der Waals surface area contributed by atoms with Crippen LogP contribution in [0.15, 0.2) is 89.7 Å². The number of likely N-dealkylation sites (tertiary alicyclic amines) is 1. The van der Waals surface area contributed by atoms with Gasteiger partial charge >= 0.3 is 0 Å². The molecule has 1 saturated heterocycles. The molecule has 2 aliphatic carbocycles. The summed E-state index contributed by atoms with van der Waals surface area (Å²) < 4.78 is 0. The molecule has 5 nitrogen and oxygen atoms in total. The number of rotatable bonds is 3. The van der Waals surface area contributed by atoms with Gasteiger partial charge in [-0.3, -0.25) is 14.4 Å². The molecule has 2 aromatic carbocycles. The molecule has 2 aromatic rings. The molecule has 0 saturated carbocycles. The monoisotopic (exact) mass is 476 g/mol. The molecule has 5 heteroatoms. The van der Waals surface area contributed by atoms with Crippen LogP contribution in [0.5, 0.6) is 0 Å². The zero-order valence-electron chi connectivity index (χ0n) is 20.6. The third-order valence-electron chi connectivity index (χ3n) is 7.73. The fraction of sp³-hybridized carbons (Fsp3) is 0.258. The van der Waals surface area contributed by atoms with Crippen LogP contribution in [0, 0.1) is 18.8 Å². The fourth-order valence-corrected chi connectivity index (χ4v) is 5.82. The van der Waals surface area contributed by atoms with Gasteiger partial charge < -0.3 is 10.2 Å². The van der Waals surface area contributed by atoms with Crippen molar-refractivity contribution < 1.29 is 14.4 Å². The molecule has 0 amide bonds. The minimum absolute atomic E-state index is 0.0334. The van der Waals surface area contributed by atoms with E-state index in [1.807, 2.05) is 68.5 Å². The SMILES string of the molecule is CC(=O)c1ccc(CN2C3=CC4C(=O)c5cc(C)ccc5NC4C=C3C(=O)C3C=C(C)C=CC32)cc1. The lowest BCUT2D eigenvalue weighted by atomic mass is 9.73. The van der Waals surface area contributed by atoms with Crippen LogP contribution in [0.3, 0.4) is 0 Å². The number of Topliss-reactive ketones (excluding diaryl/α,β-unsaturated/α-hetero) is 3. The van der Waals surface area contributed by atoms with Crippen molar-refractivity contribution in [2.24, 2.45) is 11.8 Å². The van der Waals surface area contributed by atoms with Crippen LogP contribution < -0.4 is 5.32 Å². The Balaban J connectivity index is 1.43. The molecule has 36 heavy (non-hydrogen) atoms. The van der Waals surface area contributed by atoms with Gasteiger partial charge in [-0.1, -0.05) is 59.7 Å². The van der Waals surface area contributed by atoms with Crippen molar-refractivity contribution in [3.05, 3.63) is 112 Å². The zero-order valence-corrected chi connectivity index (χ0v) is 20.6. The third-order valence-corrected chi connectivity index (χ3v) is 7.73. The van der Waals surface area contributed by atoms with Gasteiger partial charge in [-0.2, -0.15) is 0 Å². The number of carbonyl (C=O) groups excluding carboxylic acids is 3. The number of carbonyl (C=O) groups is 3. The highest BCUT2D eigenvalue weighted by Gasteiger charge is 2.45. The number of nitrogens with zero attached hydrogens (tertiary/aromatic N) is 1. The second-order valence-corrected chi connectivity index (χ2v) is 10.3. The fourth-order valence-electron chi connectivity index (χ4n) is 5.82. The van der Waals surface area contributed by atoms with Crippen molar-refractivity contribution in [1.29, 1.82) is 0 Å². The zero-order chi connectivity index (χ0) is 25.1. The van der Waals surface area contributed by atoms with Crippen LogP contribution in [-0.4, -0.2) is 34.3 Å². The van der Waals surface area contributed by atoms with Crippen molar-refractivity contribution in [2.45, 2.75) is 39.4 Å². The minimum atomic E-state index is -0.380. The Kier molecular flexibility index (Phi) is 5.18.